The van der Waals surface area contributed by atoms with Crippen LogP contribution in [0.1, 0.15) is 53.8 Å². The van der Waals surface area contributed by atoms with E-state index in [2.05, 4.69) is 15.3 Å². The molecule has 1 aliphatic rings. The normalized spacial score (nSPS) is 15.4. The van der Waals surface area contributed by atoms with Crippen LogP contribution in [0.15, 0.2) is 42.7 Å². The standard InChI is InChI=1S/C20H23N3O2/c24-18(20-21-12-13-22-20)11-10-15-6-8-16(9-7-15)14-19(25)23-17-4-2-1-3-5-17/h6-13,17H,1-5,14H2,(H,21,22)(H,23,25). The van der Waals surface area contributed by atoms with Crippen LogP contribution in [-0.2, 0) is 11.2 Å². The Labute approximate surface area is 147 Å². The van der Waals surface area contributed by atoms with Crippen LogP contribution >= 0.6 is 0 Å². The molecule has 0 saturated heterocycles. The van der Waals surface area contributed by atoms with Gasteiger partial charge in [-0.25, -0.2) is 4.98 Å². The SMILES string of the molecule is O=C(Cc1ccc(C=CC(=O)c2ncc[nH]2)cc1)NC1CCCCC1. The Hall–Kier alpha value is -2.69. The molecular weight excluding hydrogens is 314 g/mol. The van der Waals surface area contributed by atoms with Gasteiger partial charge in [-0.3, -0.25) is 9.59 Å². The number of aromatic amines is 1. The Kier molecular flexibility index (Phi) is 5.77. The van der Waals surface area contributed by atoms with Crippen LogP contribution in [0.25, 0.3) is 6.08 Å². The number of amides is 1. The van der Waals surface area contributed by atoms with E-state index in [-0.39, 0.29) is 11.7 Å². The number of benzene rings is 1. The molecule has 1 fully saturated rings. The highest BCUT2D eigenvalue weighted by Gasteiger charge is 2.15. The van der Waals surface area contributed by atoms with Crippen LogP contribution in [0.4, 0.5) is 0 Å². The zero-order valence-corrected chi connectivity index (χ0v) is 14.2. The second-order valence-electron chi connectivity index (χ2n) is 6.46. The van der Waals surface area contributed by atoms with Crippen LogP contribution in [-0.4, -0.2) is 27.7 Å². The second-order valence-corrected chi connectivity index (χ2v) is 6.46. The number of hydrogen-bond donors (Lipinski definition) is 2. The first-order valence-electron chi connectivity index (χ1n) is 8.81. The number of imidazole rings is 1. The summed E-state index contributed by atoms with van der Waals surface area (Å²) in [6.45, 7) is 0. The van der Waals surface area contributed by atoms with E-state index in [1.807, 2.05) is 24.3 Å². The van der Waals surface area contributed by atoms with Crippen molar-refractivity contribution in [1.29, 1.82) is 0 Å². The van der Waals surface area contributed by atoms with Gasteiger partial charge in [0.1, 0.15) is 0 Å². The quantitative estimate of drug-likeness (QED) is 0.627. The predicted molar refractivity (Wildman–Crippen MR) is 97.1 cm³/mol. The molecule has 1 aromatic heterocycles. The summed E-state index contributed by atoms with van der Waals surface area (Å²) in [7, 11) is 0. The molecule has 3 rings (SSSR count). The number of ketones is 1. The molecule has 0 bridgehead atoms. The van der Waals surface area contributed by atoms with Crippen LogP contribution in [0, 0.1) is 0 Å². The number of aromatic nitrogens is 2. The first-order chi connectivity index (χ1) is 12.2. The number of allylic oxidation sites excluding steroid dienone is 1. The van der Waals surface area contributed by atoms with E-state index < -0.39 is 0 Å². The maximum atomic E-state index is 12.1. The molecule has 0 radical (unpaired) electrons. The summed E-state index contributed by atoms with van der Waals surface area (Å²) in [6, 6.07) is 8.02. The fraction of sp³-hybridized carbons (Fsp3) is 0.350. The fourth-order valence-corrected chi connectivity index (χ4v) is 3.11. The van der Waals surface area contributed by atoms with Gasteiger partial charge in [0.25, 0.3) is 0 Å². The van der Waals surface area contributed by atoms with Crippen molar-refractivity contribution in [2.45, 2.75) is 44.6 Å². The molecule has 0 unspecified atom stereocenters. The molecule has 2 aromatic rings. The smallest absolute Gasteiger partial charge is 0.224 e. The first kappa shape index (κ1) is 17.1. The van der Waals surface area contributed by atoms with E-state index in [9.17, 15) is 9.59 Å². The van der Waals surface area contributed by atoms with Gasteiger partial charge in [0, 0.05) is 18.4 Å². The van der Waals surface area contributed by atoms with Crippen molar-refractivity contribution >= 4 is 17.8 Å². The number of rotatable bonds is 6. The largest absolute Gasteiger partial charge is 0.353 e. The fourth-order valence-electron chi connectivity index (χ4n) is 3.11. The van der Waals surface area contributed by atoms with Gasteiger partial charge in [0.15, 0.2) is 5.82 Å². The molecule has 1 aliphatic carbocycles. The molecule has 1 amide bonds. The summed E-state index contributed by atoms with van der Waals surface area (Å²) in [4.78, 5) is 30.7. The maximum absolute atomic E-state index is 12.1. The summed E-state index contributed by atoms with van der Waals surface area (Å²) in [5.41, 5.74) is 1.89. The van der Waals surface area contributed by atoms with E-state index in [4.69, 9.17) is 0 Å². The van der Waals surface area contributed by atoms with Gasteiger partial charge in [0.2, 0.25) is 11.7 Å². The zero-order chi connectivity index (χ0) is 17.5. The molecule has 1 heterocycles. The van der Waals surface area contributed by atoms with Crippen molar-refractivity contribution in [1.82, 2.24) is 15.3 Å². The van der Waals surface area contributed by atoms with Crippen LogP contribution < -0.4 is 5.32 Å². The predicted octanol–water partition coefficient (Wildman–Crippen LogP) is 3.30. The highest BCUT2D eigenvalue weighted by molar-refractivity contribution is 6.04. The molecular formula is C20H23N3O2. The lowest BCUT2D eigenvalue weighted by molar-refractivity contribution is -0.121. The summed E-state index contributed by atoms with van der Waals surface area (Å²) >= 11 is 0. The third kappa shape index (κ3) is 5.14. The molecule has 130 valence electrons. The van der Waals surface area contributed by atoms with Gasteiger partial charge in [-0.05, 0) is 30.0 Å². The highest BCUT2D eigenvalue weighted by Crippen LogP contribution is 2.17. The number of hydrogen-bond acceptors (Lipinski definition) is 3. The minimum atomic E-state index is -0.166. The number of H-pyrrole nitrogens is 1. The minimum Gasteiger partial charge on any atom is -0.353 e. The lowest BCUT2D eigenvalue weighted by atomic mass is 9.95. The number of nitrogens with one attached hydrogen (secondary N) is 2. The maximum Gasteiger partial charge on any atom is 0.224 e. The molecule has 25 heavy (non-hydrogen) atoms. The first-order valence-corrected chi connectivity index (χ1v) is 8.81. The second kappa shape index (κ2) is 8.42. The van der Waals surface area contributed by atoms with E-state index >= 15 is 0 Å². The third-order valence-corrected chi connectivity index (χ3v) is 4.47. The van der Waals surface area contributed by atoms with Crippen LogP contribution in [0.2, 0.25) is 0 Å². The Morgan fingerprint density at radius 3 is 2.60 bits per heavy atom. The molecule has 1 saturated carbocycles. The summed E-state index contributed by atoms with van der Waals surface area (Å²) in [6.07, 6.45) is 12.7. The van der Waals surface area contributed by atoms with Crippen molar-refractivity contribution in [2.75, 3.05) is 0 Å². The number of nitrogens with zero attached hydrogens (tertiary/aromatic N) is 1. The lowest BCUT2D eigenvalue weighted by Crippen LogP contribution is -2.37. The molecule has 2 N–H and O–H groups in total. The van der Waals surface area contributed by atoms with Crippen molar-refractivity contribution in [3.63, 3.8) is 0 Å². The molecule has 1 aromatic carbocycles. The van der Waals surface area contributed by atoms with E-state index in [0.717, 1.165) is 24.0 Å². The van der Waals surface area contributed by atoms with Crippen molar-refractivity contribution in [3.8, 4) is 0 Å². The average molecular weight is 337 g/mol. The van der Waals surface area contributed by atoms with Gasteiger partial charge >= 0.3 is 0 Å². The topological polar surface area (TPSA) is 74.8 Å². The minimum absolute atomic E-state index is 0.0863. The third-order valence-electron chi connectivity index (χ3n) is 4.47. The Balaban J connectivity index is 1.51. The van der Waals surface area contributed by atoms with Gasteiger partial charge < -0.3 is 10.3 Å². The number of carbonyl (C=O) groups is 2. The van der Waals surface area contributed by atoms with Gasteiger partial charge in [-0.2, -0.15) is 0 Å². The highest BCUT2D eigenvalue weighted by atomic mass is 16.1. The number of carbonyl (C=O) groups excluding carboxylic acids is 2. The molecule has 0 atom stereocenters. The van der Waals surface area contributed by atoms with Crippen molar-refractivity contribution in [3.05, 3.63) is 59.7 Å². The van der Waals surface area contributed by atoms with E-state index in [1.165, 1.54) is 25.3 Å². The average Bonchev–Trinajstić information content (AvgIpc) is 3.16. The lowest BCUT2D eigenvalue weighted by Gasteiger charge is -2.22. The Morgan fingerprint density at radius 2 is 1.92 bits per heavy atom. The molecule has 5 nitrogen and oxygen atoms in total. The van der Waals surface area contributed by atoms with E-state index in [0.29, 0.717) is 18.3 Å². The van der Waals surface area contributed by atoms with Crippen molar-refractivity contribution < 1.29 is 9.59 Å². The van der Waals surface area contributed by atoms with Crippen LogP contribution in [0.3, 0.4) is 0 Å². The van der Waals surface area contributed by atoms with Gasteiger partial charge in [-0.1, -0.05) is 49.6 Å². The molecule has 0 spiro atoms. The molecule has 5 heteroatoms. The van der Waals surface area contributed by atoms with Gasteiger partial charge in [0.05, 0.1) is 6.42 Å². The van der Waals surface area contributed by atoms with Crippen LogP contribution in [0.5, 0.6) is 0 Å². The van der Waals surface area contributed by atoms with Crippen molar-refractivity contribution in [2.24, 2.45) is 0 Å². The Bertz CT molecular complexity index is 727. The zero-order valence-electron chi connectivity index (χ0n) is 14.2. The van der Waals surface area contributed by atoms with E-state index in [1.54, 1.807) is 18.5 Å². The Morgan fingerprint density at radius 1 is 1.16 bits per heavy atom. The summed E-state index contributed by atoms with van der Waals surface area (Å²) in [5.74, 6) is 0.247. The molecule has 0 aliphatic heterocycles. The summed E-state index contributed by atoms with van der Waals surface area (Å²) in [5, 5.41) is 3.13. The van der Waals surface area contributed by atoms with Gasteiger partial charge in [-0.15, -0.1) is 0 Å². The summed E-state index contributed by atoms with van der Waals surface area (Å²) < 4.78 is 0. The monoisotopic (exact) mass is 337 g/mol.